The predicted octanol–water partition coefficient (Wildman–Crippen LogP) is 3.82. The standard InChI is InChI=1S/C24H30O6/c1-14-11-20-18-6-5-16-12-17(26)7-9-22(16,3)19(18)8-10-23(20,4)24(14,30-28)21(27)13-29-15(2)25/h7-9,12,14,18,20,28H,5-6,10-11,13H2,1-4H3/t14-,18-,20+,22+,23+,24+/m1/s1. The quantitative estimate of drug-likeness (QED) is 0.326. The highest BCUT2D eigenvalue weighted by Crippen LogP contribution is 2.67. The van der Waals surface area contributed by atoms with Gasteiger partial charge < -0.3 is 4.74 Å². The van der Waals surface area contributed by atoms with E-state index >= 15 is 0 Å². The van der Waals surface area contributed by atoms with Gasteiger partial charge in [0.25, 0.3) is 0 Å². The van der Waals surface area contributed by atoms with Crippen LogP contribution in [0, 0.1) is 28.6 Å². The second kappa shape index (κ2) is 6.99. The highest BCUT2D eigenvalue weighted by atomic mass is 17.1. The maximum Gasteiger partial charge on any atom is 0.303 e. The van der Waals surface area contributed by atoms with E-state index < -0.39 is 23.6 Å². The SMILES string of the molecule is CC(=O)OCC(=O)[C@@]1(OO)[C@H](C)C[C@H]2[C@@H]3CCC4=CC(=O)C=C[C@]4(C)C3=CC[C@@]21C. The molecule has 30 heavy (non-hydrogen) atoms. The summed E-state index contributed by atoms with van der Waals surface area (Å²) in [4.78, 5) is 41.4. The van der Waals surface area contributed by atoms with Crippen LogP contribution in [0.3, 0.4) is 0 Å². The Morgan fingerprint density at radius 2 is 2.03 bits per heavy atom. The maximum absolute atomic E-state index is 13.2. The van der Waals surface area contributed by atoms with Crippen LogP contribution in [0.15, 0.2) is 35.5 Å². The van der Waals surface area contributed by atoms with Crippen molar-refractivity contribution >= 4 is 17.5 Å². The third-order valence-electron chi connectivity index (χ3n) is 8.45. The molecular weight excluding hydrogens is 384 g/mol. The third kappa shape index (κ3) is 2.66. The van der Waals surface area contributed by atoms with Crippen LogP contribution in [0.1, 0.15) is 53.4 Å². The molecule has 0 aliphatic heterocycles. The molecule has 6 nitrogen and oxygen atoms in total. The monoisotopic (exact) mass is 414 g/mol. The molecule has 162 valence electrons. The van der Waals surface area contributed by atoms with E-state index in [0.717, 1.165) is 24.8 Å². The molecule has 4 rings (SSSR count). The Bertz CT molecular complexity index is 897. The van der Waals surface area contributed by atoms with E-state index in [4.69, 9.17) is 9.62 Å². The van der Waals surface area contributed by atoms with Gasteiger partial charge in [0, 0.05) is 17.8 Å². The number of Topliss-reactive ketones (excluding diaryl/α,β-unsaturated/α-hetero) is 1. The Balaban J connectivity index is 1.74. The average Bonchev–Trinajstić information content (AvgIpc) is 2.93. The molecule has 6 atom stereocenters. The molecular formula is C24H30O6. The molecule has 2 saturated carbocycles. The second-order valence-electron chi connectivity index (χ2n) is 9.81. The molecule has 4 aliphatic rings. The molecule has 0 bridgehead atoms. The van der Waals surface area contributed by atoms with Gasteiger partial charge in [-0.25, -0.2) is 4.89 Å². The number of carbonyl (C=O) groups excluding carboxylic acids is 3. The van der Waals surface area contributed by atoms with Crippen LogP contribution in [-0.4, -0.2) is 35.0 Å². The van der Waals surface area contributed by atoms with Crippen molar-refractivity contribution in [3.8, 4) is 0 Å². The number of hydrogen-bond acceptors (Lipinski definition) is 6. The van der Waals surface area contributed by atoms with Gasteiger partial charge in [0.2, 0.25) is 5.78 Å². The molecule has 0 spiro atoms. The lowest BCUT2D eigenvalue weighted by molar-refractivity contribution is -0.345. The molecule has 0 unspecified atom stereocenters. The summed E-state index contributed by atoms with van der Waals surface area (Å²) in [5, 5.41) is 10.1. The number of fused-ring (bicyclic) bond motifs is 5. The average molecular weight is 414 g/mol. The molecule has 2 fully saturated rings. The molecule has 0 aromatic heterocycles. The van der Waals surface area contributed by atoms with Gasteiger partial charge >= 0.3 is 5.97 Å². The normalized spacial score (nSPS) is 41.9. The van der Waals surface area contributed by atoms with Gasteiger partial charge in [0.05, 0.1) is 0 Å². The molecule has 6 heteroatoms. The minimum absolute atomic E-state index is 0.0421. The van der Waals surface area contributed by atoms with E-state index in [1.807, 2.05) is 19.9 Å². The minimum atomic E-state index is -1.41. The molecule has 0 aromatic rings. The van der Waals surface area contributed by atoms with Gasteiger partial charge in [0.1, 0.15) is 0 Å². The van der Waals surface area contributed by atoms with E-state index in [1.165, 1.54) is 12.5 Å². The Morgan fingerprint density at radius 1 is 1.30 bits per heavy atom. The fraction of sp³-hybridized carbons (Fsp3) is 0.625. The maximum atomic E-state index is 13.2. The van der Waals surface area contributed by atoms with Crippen LogP contribution in [0.4, 0.5) is 0 Å². The van der Waals surface area contributed by atoms with Crippen LogP contribution in [0.5, 0.6) is 0 Å². The van der Waals surface area contributed by atoms with Crippen LogP contribution < -0.4 is 0 Å². The molecule has 0 aromatic carbocycles. The summed E-state index contributed by atoms with van der Waals surface area (Å²) in [6, 6.07) is 0. The largest absolute Gasteiger partial charge is 0.458 e. The zero-order valence-electron chi connectivity index (χ0n) is 18.1. The third-order valence-corrected chi connectivity index (χ3v) is 8.45. The summed E-state index contributed by atoms with van der Waals surface area (Å²) in [6.07, 6.45) is 10.7. The number of carbonyl (C=O) groups is 3. The lowest BCUT2D eigenvalue weighted by atomic mass is 9.51. The summed E-state index contributed by atoms with van der Waals surface area (Å²) in [5.74, 6) is -0.717. The number of allylic oxidation sites excluding steroid dienone is 6. The lowest BCUT2D eigenvalue weighted by Crippen LogP contribution is -2.59. The summed E-state index contributed by atoms with van der Waals surface area (Å²) >= 11 is 0. The molecule has 0 radical (unpaired) electrons. The number of ketones is 2. The highest BCUT2D eigenvalue weighted by Gasteiger charge is 2.69. The van der Waals surface area contributed by atoms with E-state index in [9.17, 15) is 19.6 Å². The summed E-state index contributed by atoms with van der Waals surface area (Å²) < 4.78 is 4.98. The Labute approximate surface area is 176 Å². The van der Waals surface area contributed by atoms with Crippen molar-refractivity contribution in [2.75, 3.05) is 6.61 Å². The van der Waals surface area contributed by atoms with Crippen LogP contribution >= 0.6 is 0 Å². The summed E-state index contributed by atoms with van der Waals surface area (Å²) in [5.41, 5.74) is 0.166. The fourth-order valence-corrected chi connectivity index (χ4v) is 6.96. The number of rotatable bonds is 4. The van der Waals surface area contributed by atoms with Crippen molar-refractivity contribution in [3.05, 3.63) is 35.5 Å². The van der Waals surface area contributed by atoms with Crippen molar-refractivity contribution in [3.63, 3.8) is 0 Å². The first-order chi connectivity index (χ1) is 14.1. The molecule has 1 N–H and O–H groups in total. The van der Waals surface area contributed by atoms with Crippen molar-refractivity contribution in [1.29, 1.82) is 0 Å². The Hall–Kier alpha value is -2.05. The van der Waals surface area contributed by atoms with Gasteiger partial charge in [0.15, 0.2) is 18.0 Å². The van der Waals surface area contributed by atoms with Crippen molar-refractivity contribution < 1.29 is 29.3 Å². The predicted molar refractivity (Wildman–Crippen MR) is 109 cm³/mol. The number of hydrogen-bond donors (Lipinski definition) is 1. The van der Waals surface area contributed by atoms with Crippen molar-refractivity contribution in [2.45, 2.75) is 59.0 Å². The van der Waals surface area contributed by atoms with Gasteiger partial charge in [-0.3, -0.25) is 19.6 Å². The zero-order valence-corrected chi connectivity index (χ0v) is 18.1. The highest BCUT2D eigenvalue weighted by molar-refractivity contribution is 6.01. The van der Waals surface area contributed by atoms with Gasteiger partial charge in [-0.2, -0.15) is 0 Å². The first-order valence-electron chi connectivity index (χ1n) is 10.7. The Morgan fingerprint density at radius 3 is 2.70 bits per heavy atom. The number of esters is 1. The summed E-state index contributed by atoms with van der Waals surface area (Å²) in [7, 11) is 0. The van der Waals surface area contributed by atoms with Gasteiger partial charge in [-0.05, 0) is 62.5 Å². The second-order valence-corrected chi connectivity index (χ2v) is 9.81. The first-order valence-corrected chi connectivity index (χ1v) is 10.7. The molecule has 4 aliphatic carbocycles. The smallest absolute Gasteiger partial charge is 0.303 e. The van der Waals surface area contributed by atoms with Crippen molar-refractivity contribution in [2.24, 2.45) is 28.6 Å². The number of ether oxygens (including phenoxy) is 1. The zero-order chi connectivity index (χ0) is 21.9. The van der Waals surface area contributed by atoms with E-state index in [-0.39, 0.29) is 34.7 Å². The van der Waals surface area contributed by atoms with E-state index in [1.54, 1.807) is 12.2 Å². The van der Waals surface area contributed by atoms with Crippen molar-refractivity contribution in [1.82, 2.24) is 0 Å². The van der Waals surface area contributed by atoms with Gasteiger partial charge in [-0.15, -0.1) is 0 Å². The topological polar surface area (TPSA) is 89.9 Å². The van der Waals surface area contributed by atoms with E-state index in [2.05, 4.69) is 13.0 Å². The molecule has 0 saturated heterocycles. The summed E-state index contributed by atoms with van der Waals surface area (Å²) in [6.45, 7) is 6.97. The lowest BCUT2D eigenvalue weighted by Gasteiger charge is -2.53. The molecule has 0 amide bonds. The van der Waals surface area contributed by atoms with Gasteiger partial charge in [-0.1, -0.05) is 37.1 Å². The molecule has 0 heterocycles. The van der Waals surface area contributed by atoms with Crippen LogP contribution in [-0.2, 0) is 24.0 Å². The fourth-order valence-electron chi connectivity index (χ4n) is 6.96. The van der Waals surface area contributed by atoms with Crippen LogP contribution in [0.25, 0.3) is 0 Å². The Kier molecular flexibility index (Phi) is 4.94. The van der Waals surface area contributed by atoms with Crippen LogP contribution in [0.2, 0.25) is 0 Å². The first kappa shape index (κ1) is 21.2. The minimum Gasteiger partial charge on any atom is -0.458 e. The van der Waals surface area contributed by atoms with E-state index in [0.29, 0.717) is 6.42 Å².